The van der Waals surface area contributed by atoms with Crippen molar-refractivity contribution in [2.75, 3.05) is 0 Å². The van der Waals surface area contributed by atoms with Gasteiger partial charge in [0.1, 0.15) is 0 Å². The van der Waals surface area contributed by atoms with E-state index < -0.39 is 18.4 Å². The fraction of sp³-hybridized carbons (Fsp3) is 0.971. The predicted octanol–water partition coefficient (Wildman–Crippen LogP) is 11.3. The van der Waals surface area contributed by atoms with Crippen molar-refractivity contribution < 1.29 is 0 Å². The summed E-state index contributed by atoms with van der Waals surface area (Å²) in [4.78, 5) is 0. The van der Waals surface area contributed by atoms with Crippen molar-refractivity contribution in [2.45, 2.75) is 153 Å². The molecule has 0 spiro atoms. The van der Waals surface area contributed by atoms with E-state index in [-0.39, 0.29) is 0 Å². The van der Waals surface area contributed by atoms with E-state index in [0.717, 1.165) is 49.3 Å². The summed E-state index contributed by atoms with van der Waals surface area (Å²) in [5.74, 6) is 6.79. The Morgan fingerprint density at radius 1 is 0.622 bits per heavy atom. The quantitative estimate of drug-likeness (QED) is 0.146. The normalized spacial score (nSPS) is 48.5. The summed E-state index contributed by atoms with van der Waals surface area (Å²) in [7, 11) is 3.41. The van der Waals surface area contributed by atoms with Gasteiger partial charge in [0.15, 0.2) is 0 Å². The Labute approximate surface area is 237 Å². The van der Waals surface area contributed by atoms with E-state index in [9.17, 15) is 0 Å². The maximum atomic E-state index is 2.52. The molecule has 208 valence electrons. The molecule has 8 aliphatic carbocycles. The molecule has 2 atom stereocenters. The Bertz CT molecular complexity index is 798. The first-order chi connectivity index (χ1) is 18.0. The first-order valence-corrected chi connectivity index (χ1v) is 26.7. The van der Waals surface area contributed by atoms with E-state index in [1.165, 1.54) is 27.8 Å². The van der Waals surface area contributed by atoms with Crippen molar-refractivity contribution >= 4 is 40.2 Å². The SMILES string of the molecule is CCC[CH2][Sn]([CH2]CCC)([CH2]CCC)[C]1(C23CC4CC(CC(C4)C2)C3)P=C(C23CC4CC(CC(C4)C2)C3)P1. The molecular weight excluding hydrogens is 589 g/mol. The molecule has 0 aromatic rings. The third-order valence-corrected chi connectivity index (χ3v) is 44.1. The summed E-state index contributed by atoms with van der Waals surface area (Å²) >= 11 is -2.43. The zero-order chi connectivity index (χ0) is 25.3. The molecule has 2 unspecified atom stereocenters. The van der Waals surface area contributed by atoms with Crippen molar-refractivity contribution in [1.82, 2.24) is 0 Å². The van der Waals surface area contributed by atoms with Gasteiger partial charge in [-0.2, -0.15) is 0 Å². The van der Waals surface area contributed by atoms with Crippen LogP contribution in [-0.4, -0.2) is 26.3 Å². The van der Waals surface area contributed by atoms with Gasteiger partial charge >= 0.3 is 239 Å². The van der Waals surface area contributed by atoms with E-state index in [1.54, 1.807) is 110 Å². The van der Waals surface area contributed by atoms with Gasteiger partial charge in [0, 0.05) is 0 Å². The van der Waals surface area contributed by atoms with Gasteiger partial charge in [0.25, 0.3) is 0 Å². The molecule has 3 heteroatoms. The second kappa shape index (κ2) is 10.3. The molecule has 1 heterocycles. The zero-order valence-electron chi connectivity index (χ0n) is 24.8. The third-order valence-electron chi connectivity index (χ3n) is 13.7. The van der Waals surface area contributed by atoms with Crippen LogP contribution in [0, 0.1) is 46.3 Å². The van der Waals surface area contributed by atoms with Gasteiger partial charge in [-0.15, -0.1) is 0 Å². The zero-order valence-corrected chi connectivity index (χ0v) is 29.5. The molecule has 0 nitrogen and oxygen atoms in total. The van der Waals surface area contributed by atoms with Crippen molar-refractivity contribution in [3.8, 4) is 0 Å². The van der Waals surface area contributed by atoms with Crippen molar-refractivity contribution in [3.05, 3.63) is 0 Å². The molecule has 9 aliphatic rings. The van der Waals surface area contributed by atoms with Crippen LogP contribution >= 0.6 is 16.8 Å². The van der Waals surface area contributed by atoms with Crippen LogP contribution in [0.5, 0.6) is 0 Å². The number of hydrogen-bond acceptors (Lipinski definition) is 0. The van der Waals surface area contributed by atoms with Crippen molar-refractivity contribution in [2.24, 2.45) is 46.3 Å². The molecule has 0 aromatic heterocycles. The van der Waals surface area contributed by atoms with Crippen LogP contribution in [0.4, 0.5) is 0 Å². The number of unbranched alkanes of at least 4 members (excludes halogenated alkanes) is 3. The second-order valence-electron chi connectivity index (χ2n) is 16.3. The predicted molar refractivity (Wildman–Crippen MR) is 169 cm³/mol. The van der Waals surface area contributed by atoms with E-state index in [1.807, 2.05) is 0 Å². The van der Waals surface area contributed by atoms with Gasteiger partial charge in [-0.05, 0) is 0 Å². The minimum absolute atomic E-state index is 0.748. The third kappa shape index (κ3) is 4.30. The second-order valence-corrected chi connectivity index (χ2v) is 36.3. The van der Waals surface area contributed by atoms with Gasteiger partial charge in [0.2, 0.25) is 0 Å². The summed E-state index contributed by atoms with van der Waals surface area (Å²) in [6.45, 7) is 7.55. The van der Waals surface area contributed by atoms with Crippen LogP contribution in [0.15, 0.2) is 0 Å². The fourth-order valence-corrected chi connectivity index (χ4v) is 48.9. The summed E-state index contributed by atoms with van der Waals surface area (Å²) in [5.41, 5.74) is 1.57. The molecule has 0 aromatic carbocycles. The van der Waals surface area contributed by atoms with Crippen LogP contribution in [0.25, 0.3) is 0 Å². The van der Waals surface area contributed by atoms with E-state index in [2.05, 4.69) is 34.0 Å². The van der Waals surface area contributed by atoms with Crippen LogP contribution < -0.4 is 0 Å². The maximum absolute atomic E-state index is 2.52. The topological polar surface area (TPSA) is 0 Å². The molecule has 9 rings (SSSR count). The Hall–Kier alpha value is 1.40. The standard InChI is InChI=1S/C22H31P2.3C4H9.Sn/c1-13-2-15-3-14(1)8-21(7-13,9-15)19-23-20(24-19)22-10-16-4-17(11-22)6-18(5-16)12-22;3*1-3-4-2;/h13-18,23H,1-12H2;3*1,3-4H2,2H3;. The fourth-order valence-electron chi connectivity index (χ4n) is 13.1. The van der Waals surface area contributed by atoms with Gasteiger partial charge in [-0.3, -0.25) is 0 Å². The first-order valence-electron chi connectivity index (χ1n) is 17.3. The monoisotopic (exact) mass is 648 g/mol. The van der Waals surface area contributed by atoms with Gasteiger partial charge in [0.05, 0.1) is 0 Å². The average Bonchev–Trinajstić information content (AvgIpc) is 2.82. The van der Waals surface area contributed by atoms with Crippen molar-refractivity contribution in [1.29, 1.82) is 0 Å². The van der Waals surface area contributed by atoms with E-state index >= 15 is 0 Å². The van der Waals surface area contributed by atoms with Crippen LogP contribution in [0.1, 0.15) is 136 Å². The molecule has 8 fully saturated rings. The molecular formula is C34H58P2Sn. The van der Waals surface area contributed by atoms with E-state index in [0.29, 0.717) is 0 Å². The molecule has 0 amide bonds. The average molecular weight is 647 g/mol. The Balaban J connectivity index is 1.33. The molecule has 37 heavy (non-hydrogen) atoms. The van der Waals surface area contributed by atoms with Crippen LogP contribution in [0.2, 0.25) is 13.3 Å². The summed E-state index contributed by atoms with van der Waals surface area (Å²) < 4.78 is 6.22. The molecule has 8 saturated carbocycles. The number of rotatable bonds is 12. The molecule has 8 bridgehead atoms. The summed E-state index contributed by atoms with van der Waals surface area (Å²) in [6.07, 6.45) is 29.0. The molecule has 1 aliphatic heterocycles. The first kappa shape index (κ1) is 27.2. The minimum atomic E-state index is -2.43. The number of hydrogen-bond donors (Lipinski definition) is 0. The molecule has 0 saturated heterocycles. The molecule has 0 radical (unpaired) electrons. The van der Waals surface area contributed by atoms with Gasteiger partial charge in [-0.25, -0.2) is 0 Å². The van der Waals surface area contributed by atoms with Crippen molar-refractivity contribution in [3.63, 3.8) is 0 Å². The van der Waals surface area contributed by atoms with Gasteiger partial charge < -0.3 is 0 Å². The summed E-state index contributed by atoms with van der Waals surface area (Å²) in [5, 5.41) is 2.23. The van der Waals surface area contributed by atoms with Gasteiger partial charge in [-0.1, -0.05) is 0 Å². The Morgan fingerprint density at radius 2 is 0.973 bits per heavy atom. The Kier molecular flexibility index (Phi) is 7.58. The Morgan fingerprint density at radius 3 is 1.32 bits per heavy atom. The molecule has 0 N–H and O–H groups in total. The van der Waals surface area contributed by atoms with Crippen LogP contribution in [0.3, 0.4) is 0 Å². The van der Waals surface area contributed by atoms with Crippen LogP contribution in [-0.2, 0) is 0 Å². The summed E-state index contributed by atoms with van der Waals surface area (Å²) in [6, 6.07) is 0. The van der Waals surface area contributed by atoms with E-state index in [4.69, 9.17) is 0 Å².